The number of nitrogens with one attached hydrogen (secondary N) is 1. The van der Waals surface area contributed by atoms with Crippen molar-refractivity contribution in [1.29, 1.82) is 0 Å². The van der Waals surface area contributed by atoms with Crippen molar-refractivity contribution in [3.05, 3.63) is 70.0 Å². The van der Waals surface area contributed by atoms with Crippen LogP contribution in [-0.2, 0) is 13.5 Å². The predicted molar refractivity (Wildman–Crippen MR) is 94.6 cm³/mol. The molecule has 120 valence electrons. The fraction of sp³-hybridized carbons (Fsp3) is 0.158. The second-order valence-corrected chi connectivity index (χ2v) is 5.85. The predicted octanol–water partition coefficient (Wildman–Crippen LogP) is 3.01. The first-order valence-electron chi connectivity index (χ1n) is 7.76. The monoisotopic (exact) mass is 319 g/mol. The largest absolute Gasteiger partial charge is 0.496 e. The van der Waals surface area contributed by atoms with Crippen LogP contribution in [0.2, 0.25) is 0 Å². The van der Waals surface area contributed by atoms with Crippen molar-refractivity contribution in [1.82, 2.24) is 14.8 Å². The number of nitrogens with zero attached hydrogens (tertiary/aromatic N) is 2. The summed E-state index contributed by atoms with van der Waals surface area (Å²) in [5.74, 6) is 0.855. The van der Waals surface area contributed by atoms with Crippen LogP contribution in [0.1, 0.15) is 11.1 Å². The first kappa shape index (κ1) is 14.5. The van der Waals surface area contributed by atoms with E-state index in [1.807, 2.05) is 42.5 Å². The third-order valence-corrected chi connectivity index (χ3v) is 4.34. The Morgan fingerprint density at radius 1 is 1.17 bits per heavy atom. The molecule has 0 aliphatic carbocycles. The molecule has 0 radical (unpaired) electrons. The second kappa shape index (κ2) is 5.53. The summed E-state index contributed by atoms with van der Waals surface area (Å²) in [4.78, 5) is 16.1. The molecule has 0 saturated heterocycles. The molecule has 1 N–H and O–H groups in total. The lowest BCUT2D eigenvalue weighted by Crippen LogP contribution is -2.08. The number of aromatic amines is 1. The van der Waals surface area contributed by atoms with E-state index < -0.39 is 0 Å². The highest BCUT2D eigenvalue weighted by atomic mass is 16.5. The summed E-state index contributed by atoms with van der Waals surface area (Å²) in [5, 5.41) is 4.84. The van der Waals surface area contributed by atoms with E-state index in [0.717, 1.165) is 27.9 Å². The zero-order valence-electron chi connectivity index (χ0n) is 13.5. The molecule has 0 saturated carbocycles. The van der Waals surface area contributed by atoms with Crippen LogP contribution in [0.25, 0.3) is 21.9 Å². The van der Waals surface area contributed by atoms with Gasteiger partial charge in [-0.15, -0.1) is 0 Å². The number of ether oxygens (including phenoxy) is 1. The average molecular weight is 319 g/mol. The van der Waals surface area contributed by atoms with Crippen molar-refractivity contribution < 1.29 is 4.74 Å². The molecule has 0 aliphatic heterocycles. The Bertz CT molecular complexity index is 1110. The highest BCUT2D eigenvalue weighted by molar-refractivity contribution is 5.90. The van der Waals surface area contributed by atoms with Gasteiger partial charge in [0.15, 0.2) is 0 Å². The van der Waals surface area contributed by atoms with Crippen LogP contribution in [0.5, 0.6) is 5.75 Å². The van der Waals surface area contributed by atoms with E-state index in [4.69, 9.17) is 4.74 Å². The number of aromatic nitrogens is 3. The van der Waals surface area contributed by atoms with Crippen LogP contribution < -0.4 is 10.2 Å². The number of fused-ring (bicyclic) bond motifs is 2. The molecule has 0 amide bonds. The molecule has 4 rings (SSSR count). The molecule has 5 heteroatoms. The van der Waals surface area contributed by atoms with Crippen molar-refractivity contribution in [2.75, 3.05) is 7.11 Å². The van der Waals surface area contributed by atoms with Crippen molar-refractivity contribution in [3.8, 4) is 5.75 Å². The van der Waals surface area contributed by atoms with E-state index in [9.17, 15) is 4.79 Å². The first-order chi connectivity index (χ1) is 11.7. The third-order valence-electron chi connectivity index (χ3n) is 4.34. The second-order valence-electron chi connectivity index (χ2n) is 5.85. The minimum Gasteiger partial charge on any atom is -0.496 e. The van der Waals surface area contributed by atoms with Gasteiger partial charge >= 0.3 is 0 Å². The summed E-state index contributed by atoms with van der Waals surface area (Å²) >= 11 is 0. The first-order valence-corrected chi connectivity index (χ1v) is 7.76. The van der Waals surface area contributed by atoms with Gasteiger partial charge < -0.3 is 9.72 Å². The number of methoxy groups -OCH3 is 1. The number of benzene rings is 2. The summed E-state index contributed by atoms with van der Waals surface area (Å²) in [7, 11) is 3.45. The molecule has 2 aromatic carbocycles. The van der Waals surface area contributed by atoms with Crippen LogP contribution >= 0.6 is 0 Å². The SMILES string of the molecule is COc1ccccc1Cc1ccc2[nH]c3cnn(C)c3c(=O)c2c1. The molecule has 4 aromatic rings. The maximum absolute atomic E-state index is 12.8. The Hall–Kier alpha value is -3.08. The Morgan fingerprint density at radius 2 is 2.00 bits per heavy atom. The fourth-order valence-corrected chi connectivity index (χ4v) is 3.14. The average Bonchev–Trinajstić information content (AvgIpc) is 2.97. The van der Waals surface area contributed by atoms with E-state index in [2.05, 4.69) is 10.1 Å². The number of pyridine rings is 1. The third kappa shape index (κ3) is 2.25. The standard InChI is InChI=1S/C19H17N3O2/c1-22-18-16(11-20-22)21-15-8-7-12(10-14(15)19(18)23)9-13-5-3-4-6-17(13)24-2/h3-8,10-11H,9H2,1-2H3,(H,21,23). The van der Waals surface area contributed by atoms with E-state index in [1.54, 1.807) is 25.0 Å². The summed E-state index contributed by atoms with van der Waals surface area (Å²) in [6.07, 6.45) is 2.39. The van der Waals surface area contributed by atoms with Crippen molar-refractivity contribution >= 4 is 21.9 Å². The molecule has 5 nitrogen and oxygen atoms in total. The maximum atomic E-state index is 12.8. The van der Waals surface area contributed by atoms with Crippen LogP contribution in [0, 0.1) is 0 Å². The minimum absolute atomic E-state index is 0.000580. The van der Waals surface area contributed by atoms with E-state index in [1.165, 1.54) is 0 Å². The Balaban J connectivity index is 1.86. The molecule has 0 spiro atoms. The van der Waals surface area contributed by atoms with Gasteiger partial charge in [0.05, 0.1) is 18.8 Å². The van der Waals surface area contributed by atoms with E-state index >= 15 is 0 Å². The Kier molecular flexibility index (Phi) is 3.34. The molecule has 0 bridgehead atoms. The number of aryl methyl sites for hydroxylation is 1. The zero-order chi connectivity index (χ0) is 16.7. The van der Waals surface area contributed by atoms with Gasteiger partial charge in [0, 0.05) is 24.4 Å². The lowest BCUT2D eigenvalue weighted by molar-refractivity contribution is 0.410. The molecular weight excluding hydrogens is 302 g/mol. The number of hydrogen-bond acceptors (Lipinski definition) is 3. The number of para-hydroxylation sites is 1. The van der Waals surface area contributed by atoms with Crippen LogP contribution in [0.15, 0.2) is 53.5 Å². The summed E-state index contributed by atoms with van der Waals surface area (Å²) in [6.45, 7) is 0. The van der Waals surface area contributed by atoms with Gasteiger partial charge in [0.1, 0.15) is 11.3 Å². The van der Waals surface area contributed by atoms with Crippen molar-refractivity contribution in [2.45, 2.75) is 6.42 Å². The maximum Gasteiger partial charge on any atom is 0.215 e. The molecule has 0 aliphatic rings. The van der Waals surface area contributed by atoms with Gasteiger partial charge in [-0.3, -0.25) is 9.48 Å². The zero-order valence-corrected chi connectivity index (χ0v) is 13.5. The van der Waals surface area contributed by atoms with Crippen LogP contribution in [0.4, 0.5) is 0 Å². The molecule has 24 heavy (non-hydrogen) atoms. The van der Waals surface area contributed by atoms with Gasteiger partial charge in [0.2, 0.25) is 5.43 Å². The molecule has 0 unspecified atom stereocenters. The van der Waals surface area contributed by atoms with Crippen LogP contribution in [-0.4, -0.2) is 21.9 Å². The number of rotatable bonds is 3. The molecule has 0 atom stereocenters. The molecule has 0 fully saturated rings. The summed E-state index contributed by atoms with van der Waals surface area (Å²) < 4.78 is 7.02. The van der Waals surface area contributed by atoms with E-state index in [-0.39, 0.29) is 5.43 Å². The molecule has 2 heterocycles. The summed E-state index contributed by atoms with van der Waals surface area (Å²) in [5.41, 5.74) is 4.34. The van der Waals surface area contributed by atoms with Gasteiger partial charge in [-0.25, -0.2) is 0 Å². The Labute approximate surface area is 138 Å². The smallest absolute Gasteiger partial charge is 0.215 e. The van der Waals surface area contributed by atoms with Gasteiger partial charge in [-0.05, 0) is 29.3 Å². The highest BCUT2D eigenvalue weighted by Crippen LogP contribution is 2.23. The number of H-pyrrole nitrogens is 1. The lowest BCUT2D eigenvalue weighted by atomic mass is 10.0. The Morgan fingerprint density at radius 3 is 2.83 bits per heavy atom. The molecule has 2 aromatic heterocycles. The lowest BCUT2D eigenvalue weighted by Gasteiger charge is -2.09. The fourth-order valence-electron chi connectivity index (χ4n) is 3.14. The summed E-state index contributed by atoms with van der Waals surface area (Å²) in [6, 6.07) is 13.9. The normalized spacial score (nSPS) is 11.2. The quantitative estimate of drug-likeness (QED) is 0.631. The van der Waals surface area contributed by atoms with Gasteiger partial charge in [-0.2, -0.15) is 5.10 Å². The van der Waals surface area contributed by atoms with Gasteiger partial charge in [-0.1, -0.05) is 24.3 Å². The number of hydrogen-bond donors (Lipinski definition) is 1. The van der Waals surface area contributed by atoms with E-state index in [0.29, 0.717) is 17.3 Å². The van der Waals surface area contributed by atoms with Gasteiger partial charge in [0.25, 0.3) is 0 Å². The van der Waals surface area contributed by atoms with Crippen molar-refractivity contribution in [3.63, 3.8) is 0 Å². The highest BCUT2D eigenvalue weighted by Gasteiger charge is 2.11. The van der Waals surface area contributed by atoms with Crippen molar-refractivity contribution in [2.24, 2.45) is 7.05 Å². The topological polar surface area (TPSA) is 59.9 Å². The molecular formula is C19H17N3O2. The minimum atomic E-state index is 0.000580. The van der Waals surface area contributed by atoms with Crippen LogP contribution in [0.3, 0.4) is 0 Å².